The third kappa shape index (κ3) is 4.56. The fourth-order valence-electron chi connectivity index (χ4n) is 1.74. The average Bonchev–Trinajstić information content (AvgIpc) is 2.45. The molecule has 0 atom stereocenters. The zero-order chi connectivity index (χ0) is 15.2. The van der Waals surface area contributed by atoms with Crippen molar-refractivity contribution in [1.29, 1.82) is 0 Å². The Kier molecular flexibility index (Phi) is 5.33. The van der Waals surface area contributed by atoms with E-state index in [1.54, 1.807) is 11.8 Å². The van der Waals surface area contributed by atoms with Crippen LogP contribution in [0.4, 0.5) is 8.78 Å². The highest BCUT2D eigenvalue weighted by atomic mass is 32.2. The van der Waals surface area contributed by atoms with Gasteiger partial charge < -0.3 is 5.32 Å². The summed E-state index contributed by atoms with van der Waals surface area (Å²) < 4.78 is 26.2. The van der Waals surface area contributed by atoms with Crippen LogP contribution >= 0.6 is 11.8 Å². The van der Waals surface area contributed by atoms with E-state index in [1.807, 2.05) is 31.2 Å². The molecule has 0 aliphatic heterocycles. The number of hydrogen-bond donors (Lipinski definition) is 1. The van der Waals surface area contributed by atoms with Gasteiger partial charge in [-0.2, -0.15) is 0 Å². The minimum Gasteiger partial charge on any atom is -0.351 e. The van der Waals surface area contributed by atoms with Gasteiger partial charge in [-0.25, -0.2) is 8.78 Å². The Bertz CT molecular complexity index is 629. The SMILES string of the molecule is Cc1ccc(SCCNC(=O)c2ccc(F)cc2F)cc1. The van der Waals surface area contributed by atoms with Crippen LogP contribution in [0.25, 0.3) is 0 Å². The lowest BCUT2D eigenvalue weighted by Gasteiger charge is -2.06. The number of aryl methyl sites for hydroxylation is 1. The van der Waals surface area contributed by atoms with E-state index >= 15 is 0 Å². The molecule has 2 aromatic rings. The van der Waals surface area contributed by atoms with Crippen LogP contribution in [-0.4, -0.2) is 18.2 Å². The maximum absolute atomic E-state index is 13.4. The van der Waals surface area contributed by atoms with E-state index in [0.717, 1.165) is 17.0 Å². The van der Waals surface area contributed by atoms with Crippen molar-refractivity contribution in [2.45, 2.75) is 11.8 Å². The largest absolute Gasteiger partial charge is 0.351 e. The summed E-state index contributed by atoms with van der Waals surface area (Å²) in [7, 11) is 0. The molecule has 0 spiro atoms. The zero-order valence-electron chi connectivity index (χ0n) is 11.5. The Morgan fingerprint density at radius 3 is 2.52 bits per heavy atom. The maximum Gasteiger partial charge on any atom is 0.254 e. The highest BCUT2D eigenvalue weighted by Gasteiger charge is 2.11. The molecule has 0 radical (unpaired) electrons. The van der Waals surface area contributed by atoms with E-state index in [9.17, 15) is 13.6 Å². The number of halogens is 2. The molecule has 2 rings (SSSR count). The fourth-order valence-corrected chi connectivity index (χ4v) is 2.51. The van der Waals surface area contributed by atoms with Crippen LogP contribution in [0.2, 0.25) is 0 Å². The van der Waals surface area contributed by atoms with Gasteiger partial charge in [0.05, 0.1) is 5.56 Å². The average molecular weight is 307 g/mol. The van der Waals surface area contributed by atoms with Gasteiger partial charge in [-0.1, -0.05) is 17.7 Å². The highest BCUT2D eigenvalue weighted by Crippen LogP contribution is 2.17. The molecular formula is C16H15F2NOS. The number of amides is 1. The van der Waals surface area contributed by atoms with Gasteiger partial charge in [-0.15, -0.1) is 11.8 Å². The van der Waals surface area contributed by atoms with Gasteiger partial charge in [0.15, 0.2) is 0 Å². The first-order chi connectivity index (χ1) is 10.1. The molecular weight excluding hydrogens is 292 g/mol. The van der Waals surface area contributed by atoms with Crippen LogP contribution in [-0.2, 0) is 0 Å². The van der Waals surface area contributed by atoms with Crippen molar-refractivity contribution in [1.82, 2.24) is 5.32 Å². The predicted molar refractivity (Wildman–Crippen MR) is 80.6 cm³/mol. The van der Waals surface area contributed by atoms with E-state index in [4.69, 9.17) is 0 Å². The second kappa shape index (κ2) is 7.22. The summed E-state index contributed by atoms with van der Waals surface area (Å²) in [5.74, 6) is -1.40. The molecule has 0 fully saturated rings. The third-order valence-corrected chi connectivity index (χ3v) is 3.87. The van der Waals surface area contributed by atoms with Gasteiger partial charge in [-0.05, 0) is 31.2 Å². The molecule has 0 aliphatic carbocycles. The molecule has 0 unspecified atom stereocenters. The van der Waals surface area contributed by atoms with Crippen LogP contribution in [0, 0.1) is 18.6 Å². The van der Waals surface area contributed by atoms with Crippen molar-refractivity contribution in [3.8, 4) is 0 Å². The van der Waals surface area contributed by atoms with Crippen molar-refractivity contribution in [2.75, 3.05) is 12.3 Å². The Labute approximate surface area is 126 Å². The van der Waals surface area contributed by atoms with E-state index in [0.29, 0.717) is 18.4 Å². The summed E-state index contributed by atoms with van der Waals surface area (Å²) in [5, 5.41) is 2.62. The van der Waals surface area contributed by atoms with Gasteiger partial charge in [0.1, 0.15) is 11.6 Å². The first kappa shape index (κ1) is 15.5. The topological polar surface area (TPSA) is 29.1 Å². The molecule has 110 valence electrons. The van der Waals surface area contributed by atoms with Crippen molar-refractivity contribution in [3.05, 3.63) is 65.2 Å². The van der Waals surface area contributed by atoms with Crippen molar-refractivity contribution >= 4 is 17.7 Å². The number of nitrogens with one attached hydrogen (secondary N) is 1. The second-order valence-corrected chi connectivity index (χ2v) is 5.71. The van der Waals surface area contributed by atoms with Gasteiger partial charge in [0, 0.05) is 23.3 Å². The Hall–Kier alpha value is -1.88. The Balaban J connectivity index is 1.80. The summed E-state index contributed by atoms with van der Waals surface area (Å²) in [6.07, 6.45) is 0. The van der Waals surface area contributed by atoms with Crippen LogP contribution in [0.5, 0.6) is 0 Å². The first-order valence-corrected chi connectivity index (χ1v) is 7.47. The van der Waals surface area contributed by atoms with E-state index < -0.39 is 17.5 Å². The van der Waals surface area contributed by atoms with Gasteiger partial charge in [-0.3, -0.25) is 4.79 Å². The lowest BCUT2D eigenvalue weighted by Crippen LogP contribution is -2.26. The molecule has 5 heteroatoms. The lowest BCUT2D eigenvalue weighted by molar-refractivity contribution is 0.0952. The number of hydrogen-bond acceptors (Lipinski definition) is 2. The fraction of sp³-hybridized carbons (Fsp3) is 0.188. The molecule has 0 heterocycles. The zero-order valence-corrected chi connectivity index (χ0v) is 12.3. The van der Waals surface area contributed by atoms with E-state index in [-0.39, 0.29) is 5.56 Å². The van der Waals surface area contributed by atoms with Crippen molar-refractivity contribution in [3.63, 3.8) is 0 Å². The molecule has 2 nitrogen and oxygen atoms in total. The van der Waals surface area contributed by atoms with Gasteiger partial charge in [0.25, 0.3) is 5.91 Å². The Morgan fingerprint density at radius 1 is 1.14 bits per heavy atom. The van der Waals surface area contributed by atoms with Crippen LogP contribution in [0.1, 0.15) is 15.9 Å². The van der Waals surface area contributed by atoms with Crippen molar-refractivity contribution < 1.29 is 13.6 Å². The normalized spacial score (nSPS) is 10.4. The summed E-state index contributed by atoms with van der Waals surface area (Å²) in [5.41, 5.74) is 1.05. The molecule has 0 saturated carbocycles. The number of carbonyl (C=O) groups excluding carboxylic acids is 1. The monoisotopic (exact) mass is 307 g/mol. The molecule has 1 N–H and O–H groups in total. The van der Waals surface area contributed by atoms with Crippen molar-refractivity contribution in [2.24, 2.45) is 0 Å². The lowest BCUT2D eigenvalue weighted by atomic mass is 10.2. The van der Waals surface area contributed by atoms with Crippen LogP contribution in [0.15, 0.2) is 47.4 Å². The number of rotatable bonds is 5. The summed E-state index contributed by atoms with van der Waals surface area (Å²) in [4.78, 5) is 12.9. The molecule has 1 amide bonds. The van der Waals surface area contributed by atoms with Gasteiger partial charge >= 0.3 is 0 Å². The summed E-state index contributed by atoms with van der Waals surface area (Å²) >= 11 is 1.60. The van der Waals surface area contributed by atoms with Crippen LogP contribution < -0.4 is 5.32 Å². The third-order valence-electron chi connectivity index (χ3n) is 2.85. The molecule has 21 heavy (non-hydrogen) atoms. The number of benzene rings is 2. The maximum atomic E-state index is 13.4. The van der Waals surface area contributed by atoms with E-state index in [2.05, 4.69) is 5.32 Å². The number of thioether (sulfide) groups is 1. The van der Waals surface area contributed by atoms with Gasteiger partial charge in [0.2, 0.25) is 0 Å². The van der Waals surface area contributed by atoms with Crippen LogP contribution in [0.3, 0.4) is 0 Å². The predicted octanol–water partition coefficient (Wildman–Crippen LogP) is 3.80. The number of carbonyl (C=O) groups is 1. The standard InChI is InChI=1S/C16H15F2NOS/c1-11-2-5-13(6-3-11)21-9-8-19-16(20)14-7-4-12(17)10-15(14)18/h2-7,10H,8-9H2,1H3,(H,19,20). The smallest absolute Gasteiger partial charge is 0.254 e. The quantitative estimate of drug-likeness (QED) is 0.672. The second-order valence-electron chi connectivity index (χ2n) is 4.54. The summed E-state index contributed by atoms with van der Waals surface area (Å²) in [6, 6.07) is 11.0. The molecule has 0 aliphatic rings. The molecule has 0 bridgehead atoms. The molecule has 0 aromatic heterocycles. The molecule has 0 saturated heterocycles. The Morgan fingerprint density at radius 2 is 1.86 bits per heavy atom. The summed E-state index contributed by atoms with van der Waals surface area (Å²) in [6.45, 7) is 2.43. The first-order valence-electron chi connectivity index (χ1n) is 6.49. The molecule has 2 aromatic carbocycles. The minimum atomic E-state index is -0.848. The van der Waals surface area contributed by atoms with E-state index in [1.165, 1.54) is 5.56 Å². The highest BCUT2D eigenvalue weighted by molar-refractivity contribution is 7.99. The minimum absolute atomic E-state index is 0.142.